The molecule has 1 atom stereocenters. The number of hydrogen-bond acceptors (Lipinski definition) is 6. The Labute approximate surface area is 193 Å². The molecule has 0 aliphatic carbocycles. The van der Waals surface area contributed by atoms with Crippen LogP contribution in [-0.4, -0.2) is 52.6 Å². The highest BCUT2D eigenvalue weighted by molar-refractivity contribution is 7.99. The van der Waals surface area contributed by atoms with Gasteiger partial charge in [0.1, 0.15) is 5.75 Å². The minimum atomic E-state index is -2.54. The highest BCUT2D eigenvalue weighted by Gasteiger charge is 2.43. The molecule has 2 aromatic carbocycles. The molecule has 1 unspecified atom stereocenters. The van der Waals surface area contributed by atoms with Crippen LogP contribution in [0.2, 0.25) is 0 Å². The van der Waals surface area contributed by atoms with Gasteiger partial charge in [-0.2, -0.15) is 8.78 Å². The van der Waals surface area contributed by atoms with Crippen molar-refractivity contribution < 1.29 is 28.3 Å². The zero-order valence-electron chi connectivity index (χ0n) is 17.6. The maximum absolute atomic E-state index is 13.0. The van der Waals surface area contributed by atoms with E-state index < -0.39 is 11.8 Å². The molecule has 2 saturated heterocycles. The van der Waals surface area contributed by atoms with Gasteiger partial charge in [0.2, 0.25) is 11.8 Å². The molecule has 4 rings (SSSR count). The molecule has 2 aliphatic rings. The molecular weight excluding hydrogens is 452 g/mol. The van der Waals surface area contributed by atoms with Crippen molar-refractivity contribution in [1.29, 1.82) is 0 Å². The summed E-state index contributed by atoms with van der Waals surface area (Å²) in [4.78, 5) is 41.5. The minimum absolute atomic E-state index is 0.000672. The molecule has 0 radical (unpaired) electrons. The molecule has 2 aromatic rings. The summed E-state index contributed by atoms with van der Waals surface area (Å²) in [6.45, 7) is 0.973. The van der Waals surface area contributed by atoms with Gasteiger partial charge in [-0.3, -0.25) is 19.3 Å². The smallest absolute Gasteiger partial charge is 0.288 e. The van der Waals surface area contributed by atoms with Crippen molar-refractivity contribution in [1.82, 2.24) is 4.90 Å². The van der Waals surface area contributed by atoms with E-state index in [0.717, 1.165) is 4.90 Å². The fourth-order valence-electron chi connectivity index (χ4n) is 4.24. The van der Waals surface area contributed by atoms with Gasteiger partial charge >= 0.3 is 0 Å². The van der Waals surface area contributed by atoms with Crippen molar-refractivity contribution >= 4 is 40.9 Å². The van der Waals surface area contributed by atoms with Gasteiger partial charge in [-0.05, 0) is 62.3 Å². The van der Waals surface area contributed by atoms with Gasteiger partial charge in [0.05, 0.1) is 23.8 Å². The summed E-state index contributed by atoms with van der Waals surface area (Å²) in [6.07, 6.45) is 1.09. The van der Waals surface area contributed by atoms with Crippen molar-refractivity contribution in [3.63, 3.8) is 0 Å². The lowest BCUT2D eigenvalue weighted by atomic mass is 9.94. The first-order valence-corrected chi connectivity index (χ1v) is 11.5. The van der Waals surface area contributed by atoms with Crippen molar-refractivity contribution in [3.8, 4) is 5.75 Å². The number of imide groups is 1. The number of phenolic OH excluding ortho intramolecular Hbond substituents is 1. The maximum atomic E-state index is 13.0. The van der Waals surface area contributed by atoms with Gasteiger partial charge in [0.15, 0.2) is 0 Å². The fourth-order valence-corrected chi connectivity index (χ4v) is 4.74. The molecule has 0 spiro atoms. The fraction of sp³-hybridized carbons (Fsp3) is 0.348. The minimum Gasteiger partial charge on any atom is -0.506 e. The van der Waals surface area contributed by atoms with Crippen LogP contribution < -0.4 is 10.2 Å². The van der Waals surface area contributed by atoms with Crippen molar-refractivity contribution in [2.45, 2.75) is 36.0 Å². The van der Waals surface area contributed by atoms with Crippen LogP contribution in [0.25, 0.3) is 0 Å². The molecule has 174 valence electrons. The van der Waals surface area contributed by atoms with E-state index >= 15 is 0 Å². The largest absolute Gasteiger partial charge is 0.506 e. The second-order valence-corrected chi connectivity index (χ2v) is 9.04. The lowest BCUT2D eigenvalue weighted by Gasteiger charge is -2.34. The molecule has 33 heavy (non-hydrogen) atoms. The third kappa shape index (κ3) is 5.17. The van der Waals surface area contributed by atoms with Gasteiger partial charge in [-0.15, -0.1) is 0 Å². The summed E-state index contributed by atoms with van der Waals surface area (Å²) in [7, 11) is 0. The molecule has 0 saturated carbocycles. The maximum Gasteiger partial charge on any atom is 0.288 e. The topological polar surface area (TPSA) is 89.9 Å². The van der Waals surface area contributed by atoms with E-state index in [9.17, 15) is 28.3 Å². The summed E-state index contributed by atoms with van der Waals surface area (Å²) in [5.74, 6) is -3.67. The number of phenols is 1. The molecule has 10 heteroatoms. The van der Waals surface area contributed by atoms with Gasteiger partial charge in [0.25, 0.3) is 11.7 Å². The summed E-state index contributed by atoms with van der Waals surface area (Å²) >= 11 is 0.402. The van der Waals surface area contributed by atoms with Crippen LogP contribution in [0.5, 0.6) is 5.75 Å². The lowest BCUT2D eigenvalue weighted by Crippen LogP contribution is -2.47. The number of benzene rings is 2. The standard InChI is InChI=1S/C23H23F2N3O4S/c24-23(25)33-16-7-5-15(6-8-16)28-20(30)13-18(22(28)32)27-11-9-14(10-12-27)21(31)26-17-3-1-2-4-19(17)29/h1-8,14,18,23,29H,9-13H2,(H,26,31). The lowest BCUT2D eigenvalue weighted by molar-refractivity contribution is -0.123. The molecule has 0 aromatic heterocycles. The molecule has 2 aliphatic heterocycles. The highest BCUT2D eigenvalue weighted by atomic mass is 32.2. The van der Waals surface area contributed by atoms with Crippen molar-refractivity contribution in [2.24, 2.45) is 5.92 Å². The second-order valence-electron chi connectivity index (χ2n) is 7.98. The number of likely N-dealkylation sites (tertiary alicyclic amines) is 1. The van der Waals surface area contributed by atoms with E-state index in [1.165, 1.54) is 30.3 Å². The number of para-hydroxylation sites is 2. The average molecular weight is 476 g/mol. The Morgan fingerprint density at radius 1 is 1.06 bits per heavy atom. The van der Waals surface area contributed by atoms with Crippen LogP contribution in [0.4, 0.5) is 20.2 Å². The molecule has 3 amide bonds. The number of carbonyl (C=O) groups is 3. The van der Waals surface area contributed by atoms with Crippen LogP contribution >= 0.6 is 11.8 Å². The van der Waals surface area contributed by atoms with Crippen molar-refractivity contribution in [2.75, 3.05) is 23.3 Å². The van der Waals surface area contributed by atoms with E-state index in [0.29, 0.717) is 54.0 Å². The normalized spacial score (nSPS) is 20.0. The van der Waals surface area contributed by atoms with Crippen LogP contribution in [0.3, 0.4) is 0 Å². The van der Waals surface area contributed by atoms with Crippen molar-refractivity contribution in [3.05, 3.63) is 48.5 Å². The first-order chi connectivity index (χ1) is 15.8. The zero-order chi connectivity index (χ0) is 23.5. The molecule has 7 nitrogen and oxygen atoms in total. The third-order valence-corrected chi connectivity index (χ3v) is 6.67. The molecule has 2 heterocycles. The number of anilines is 2. The van der Waals surface area contributed by atoms with Crippen LogP contribution in [0, 0.1) is 5.92 Å². The van der Waals surface area contributed by atoms with E-state index in [1.807, 2.05) is 4.90 Å². The van der Waals surface area contributed by atoms with Gasteiger partial charge in [-0.25, -0.2) is 4.90 Å². The summed E-state index contributed by atoms with van der Waals surface area (Å²) in [5, 5.41) is 12.6. The Bertz CT molecular complexity index is 1040. The molecule has 2 N–H and O–H groups in total. The quantitative estimate of drug-likeness (QED) is 0.376. The van der Waals surface area contributed by atoms with Gasteiger partial charge in [0, 0.05) is 10.8 Å². The number of thioether (sulfide) groups is 1. The monoisotopic (exact) mass is 475 g/mol. The number of carbonyl (C=O) groups excluding carboxylic acids is 3. The van der Waals surface area contributed by atoms with Crippen LogP contribution in [0.15, 0.2) is 53.4 Å². The summed E-state index contributed by atoms with van der Waals surface area (Å²) in [5.41, 5.74) is 0.721. The highest BCUT2D eigenvalue weighted by Crippen LogP contribution is 2.32. The number of rotatable bonds is 6. The summed E-state index contributed by atoms with van der Waals surface area (Å²) < 4.78 is 25.0. The Kier molecular flexibility index (Phi) is 6.94. The number of nitrogens with one attached hydrogen (secondary N) is 1. The second kappa shape index (κ2) is 9.88. The number of hydrogen-bond donors (Lipinski definition) is 2. The number of halogens is 2. The number of piperidine rings is 1. The Morgan fingerprint density at radius 2 is 1.73 bits per heavy atom. The van der Waals surface area contributed by atoms with E-state index in [1.54, 1.807) is 18.2 Å². The van der Waals surface area contributed by atoms with E-state index in [2.05, 4.69) is 5.32 Å². The third-order valence-electron chi connectivity index (χ3n) is 5.95. The Hall–Kier alpha value is -2.98. The first-order valence-electron chi connectivity index (χ1n) is 10.6. The Morgan fingerprint density at radius 3 is 2.36 bits per heavy atom. The van der Waals surface area contributed by atoms with Crippen LogP contribution in [0.1, 0.15) is 19.3 Å². The predicted molar refractivity (Wildman–Crippen MR) is 120 cm³/mol. The van der Waals surface area contributed by atoms with Gasteiger partial charge < -0.3 is 10.4 Å². The average Bonchev–Trinajstić information content (AvgIpc) is 3.09. The van der Waals surface area contributed by atoms with E-state index in [4.69, 9.17) is 0 Å². The van der Waals surface area contributed by atoms with E-state index in [-0.39, 0.29) is 35.8 Å². The first kappa shape index (κ1) is 23.2. The zero-order valence-corrected chi connectivity index (χ0v) is 18.4. The number of alkyl halides is 2. The predicted octanol–water partition coefficient (Wildman–Crippen LogP) is 3.69. The SMILES string of the molecule is O=C(Nc1ccccc1O)C1CCN(C2CC(=O)N(c3ccc(SC(F)F)cc3)C2=O)CC1. The molecular formula is C23H23F2N3O4S. The number of amides is 3. The van der Waals surface area contributed by atoms with Crippen LogP contribution in [-0.2, 0) is 14.4 Å². The molecule has 2 fully saturated rings. The number of nitrogens with zero attached hydrogens (tertiary/aromatic N) is 2. The number of aromatic hydroxyl groups is 1. The summed E-state index contributed by atoms with van der Waals surface area (Å²) in [6, 6.07) is 11.8. The molecule has 0 bridgehead atoms. The van der Waals surface area contributed by atoms with Gasteiger partial charge in [-0.1, -0.05) is 23.9 Å². The Balaban J connectivity index is 1.35.